The van der Waals surface area contributed by atoms with Gasteiger partial charge in [0.1, 0.15) is 17.5 Å². The molecule has 1 saturated heterocycles. The summed E-state index contributed by atoms with van der Waals surface area (Å²) in [6, 6.07) is 1.43. The van der Waals surface area contributed by atoms with Crippen LogP contribution in [-0.4, -0.2) is 41.0 Å². The number of carboxylic acid groups (broad SMARTS) is 1. The molecule has 0 spiro atoms. The number of ether oxygens (including phenoxy) is 2. The van der Waals surface area contributed by atoms with E-state index >= 15 is 4.39 Å². The summed E-state index contributed by atoms with van der Waals surface area (Å²) < 4.78 is 26.7. The summed E-state index contributed by atoms with van der Waals surface area (Å²) in [5.74, 6) is -0.776. The molecule has 2 N–H and O–H groups in total. The summed E-state index contributed by atoms with van der Waals surface area (Å²) in [5, 5.41) is 12.2. The Morgan fingerprint density at radius 2 is 2.07 bits per heavy atom. The molecule has 27 heavy (non-hydrogen) atoms. The Morgan fingerprint density at radius 1 is 1.37 bits per heavy atom. The van der Waals surface area contributed by atoms with Gasteiger partial charge in [0.25, 0.3) is 0 Å². The number of rotatable bonds is 2. The third-order valence-electron chi connectivity index (χ3n) is 4.64. The van der Waals surface area contributed by atoms with Gasteiger partial charge < -0.3 is 29.4 Å². The number of anilines is 1. The Hall–Kier alpha value is -3.07. The summed E-state index contributed by atoms with van der Waals surface area (Å²) in [6.45, 7) is 5.19. The zero-order valence-electron chi connectivity index (χ0n) is 14.7. The van der Waals surface area contributed by atoms with Crippen LogP contribution in [0.5, 0.6) is 11.5 Å². The number of piperazine rings is 1. The number of hydrogen-bond acceptors (Lipinski definition) is 6. The molecule has 0 bridgehead atoms. The second kappa shape index (κ2) is 6.27. The number of carbonyl (C=O) groups is 1. The first-order valence-electron chi connectivity index (χ1n) is 8.51. The molecular weight excluding hydrogens is 357 g/mol. The standard InChI is InChI=1S/C18H18FN3O5/c1-9-6-22(7-10(2)20-9)15-12(19)5-11-14-17(15)26-4-3-21(14)8-13(16(11)23)27-18(24)25/h3-5,8-10,20H,6-7H2,1-2H3,(H,24,25). The van der Waals surface area contributed by atoms with Gasteiger partial charge in [-0.25, -0.2) is 9.18 Å². The number of nitrogens with zero attached hydrogens (tertiary/aromatic N) is 2. The summed E-state index contributed by atoms with van der Waals surface area (Å²) in [7, 11) is 0. The van der Waals surface area contributed by atoms with Gasteiger partial charge in [-0.2, -0.15) is 0 Å². The Morgan fingerprint density at radius 3 is 2.74 bits per heavy atom. The maximum Gasteiger partial charge on any atom is 0.511 e. The fraction of sp³-hybridized carbons (Fsp3) is 0.333. The molecule has 0 radical (unpaired) electrons. The lowest BCUT2D eigenvalue weighted by Gasteiger charge is -2.38. The van der Waals surface area contributed by atoms with Crippen molar-refractivity contribution < 1.29 is 23.8 Å². The zero-order valence-corrected chi connectivity index (χ0v) is 14.7. The van der Waals surface area contributed by atoms with Gasteiger partial charge in [0.2, 0.25) is 5.43 Å². The van der Waals surface area contributed by atoms with Gasteiger partial charge in [-0.15, -0.1) is 0 Å². The van der Waals surface area contributed by atoms with Gasteiger partial charge >= 0.3 is 6.16 Å². The highest BCUT2D eigenvalue weighted by Crippen LogP contribution is 2.41. The van der Waals surface area contributed by atoms with Gasteiger partial charge in [-0.3, -0.25) is 4.79 Å². The van der Waals surface area contributed by atoms with E-state index in [4.69, 9.17) is 9.84 Å². The van der Waals surface area contributed by atoms with Crippen molar-refractivity contribution in [3.63, 3.8) is 0 Å². The zero-order chi connectivity index (χ0) is 19.3. The van der Waals surface area contributed by atoms with Gasteiger partial charge in [0.15, 0.2) is 17.3 Å². The fourth-order valence-corrected chi connectivity index (χ4v) is 3.78. The van der Waals surface area contributed by atoms with E-state index in [1.807, 2.05) is 18.7 Å². The number of hydrogen-bond donors (Lipinski definition) is 2. The second-order valence-electron chi connectivity index (χ2n) is 6.81. The number of nitrogens with one attached hydrogen (secondary N) is 1. The van der Waals surface area contributed by atoms with E-state index in [0.717, 1.165) is 6.07 Å². The van der Waals surface area contributed by atoms with Crippen molar-refractivity contribution in [3.05, 3.63) is 34.6 Å². The van der Waals surface area contributed by atoms with Crippen molar-refractivity contribution in [1.82, 2.24) is 9.88 Å². The highest BCUT2D eigenvalue weighted by Gasteiger charge is 2.30. The average Bonchev–Trinajstić information content (AvgIpc) is 2.57. The third-order valence-corrected chi connectivity index (χ3v) is 4.64. The molecule has 2 aromatic rings. The lowest BCUT2D eigenvalue weighted by molar-refractivity contribution is 0.144. The van der Waals surface area contributed by atoms with Crippen molar-refractivity contribution in [3.8, 4) is 11.5 Å². The number of halogens is 1. The van der Waals surface area contributed by atoms with E-state index in [9.17, 15) is 9.59 Å². The average molecular weight is 375 g/mol. The molecule has 2 aliphatic heterocycles. The molecule has 1 aromatic carbocycles. The molecule has 8 nitrogen and oxygen atoms in total. The molecule has 9 heteroatoms. The van der Waals surface area contributed by atoms with Crippen LogP contribution in [0, 0.1) is 5.82 Å². The number of pyridine rings is 1. The predicted octanol–water partition coefficient (Wildman–Crippen LogP) is 2.20. The van der Waals surface area contributed by atoms with Crippen LogP contribution in [0.25, 0.3) is 17.1 Å². The Labute approximate surface area is 153 Å². The molecule has 2 unspecified atom stereocenters. The summed E-state index contributed by atoms with van der Waals surface area (Å²) in [5.41, 5.74) is -0.0566. The normalized spacial score (nSPS) is 21.2. The minimum Gasteiger partial charge on any atom is -0.459 e. The maximum absolute atomic E-state index is 15.1. The largest absolute Gasteiger partial charge is 0.511 e. The molecule has 1 aromatic heterocycles. The molecule has 2 atom stereocenters. The summed E-state index contributed by atoms with van der Waals surface area (Å²) in [4.78, 5) is 25.3. The van der Waals surface area contributed by atoms with Gasteiger partial charge in [0.05, 0.1) is 11.6 Å². The van der Waals surface area contributed by atoms with E-state index in [0.29, 0.717) is 18.6 Å². The molecule has 4 rings (SSSR count). The van der Waals surface area contributed by atoms with Crippen LogP contribution in [0.15, 0.2) is 23.3 Å². The van der Waals surface area contributed by atoms with E-state index in [-0.39, 0.29) is 28.9 Å². The van der Waals surface area contributed by atoms with Crippen molar-refractivity contribution in [2.45, 2.75) is 25.9 Å². The summed E-state index contributed by atoms with van der Waals surface area (Å²) >= 11 is 0. The Bertz CT molecular complexity index is 1020. The van der Waals surface area contributed by atoms with Crippen LogP contribution in [0.2, 0.25) is 0 Å². The van der Waals surface area contributed by atoms with Crippen LogP contribution in [0.4, 0.5) is 14.9 Å². The van der Waals surface area contributed by atoms with Crippen LogP contribution in [-0.2, 0) is 0 Å². The highest BCUT2D eigenvalue weighted by molar-refractivity contribution is 5.94. The molecule has 0 saturated carbocycles. The monoisotopic (exact) mass is 375 g/mol. The molecule has 2 aliphatic rings. The van der Waals surface area contributed by atoms with Gasteiger partial charge in [-0.05, 0) is 19.9 Å². The minimum atomic E-state index is -1.61. The molecule has 1 fully saturated rings. The fourth-order valence-electron chi connectivity index (χ4n) is 3.78. The van der Waals surface area contributed by atoms with E-state index in [2.05, 4.69) is 10.1 Å². The van der Waals surface area contributed by atoms with Crippen LogP contribution < -0.4 is 25.1 Å². The minimum absolute atomic E-state index is 0.00872. The lowest BCUT2D eigenvalue weighted by Crippen LogP contribution is -2.54. The maximum atomic E-state index is 15.1. The van der Waals surface area contributed by atoms with Crippen LogP contribution in [0.1, 0.15) is 13.8 Å². The van der Waals surface area contributed by atoms with Crippen molar-refractivity contribution in [2.24, 2.45) is 0 Å². The van der Waals surface area contributed by atoms with Crippen LogP contribution >= 0.6 is 0 Å². The predicted molar refractivity (Wildman–Crippen MR) is 97.0 cm³/mol. The first-order valence-corrected chi connectivity index (χ1v) is 8.51. The van der Waals surface area contributed by atoms with E-state index in [1.54, 1.807) is 0 Å². The summed E-state index contributed by atoms with van der Waals surface area (Å²) in [6.07, 6.45) is 2.51. The molecule has 0 aliphatic carbocycles. The Kier molecular flexibility index (Phi) is 4.03. The topological polar surface area (TPSA) is 93.0 Å². The smallest absolute Gasteiger partial charge is 0.459 e. The van der Waals surface area contributed by atoms with Crippen molar-refractivity contribution in [2.75, 3.05) is 18.0 Å². The molecule has 0 amide bonds. The van der Waals surface area contributed by atoms with Gasteiger partial charge in [0, 0.05) is 31.4 Å². The molecule has 142 valence electrons. The van der Waals surface area contributed by atoms with E-state index < -0.39 is 23.2 Å². The van der Waals surface area contributed by atoms with E-state index in [1.165, 1.54) is 23.2 Å². The number of benzene rings is 1. The quantitative estimate of drug-likeness (QED) is 0.778. The SMILES string of the molecule is CC1CN(c2c(F)cc3c(=O)c(OC(=O)O)cn4c3c2OC=C4)CC(C)N1. The first kappa shape index (κ1) is 17.3. The number of aromatic nitrogens is 1. The Balaban J connectivity index is 1.95. The van der Waals surface area contributed by atoms with Crippen molar-refractivity contribution in [1.29, 1.82) is 0 Å². The lowest BCUT2D eigenvalue weighted by atomic mass is 10.1. The molecular formula is C18H18FN3O5. The van der Waals surface area contributed by atoms with Crippen molar-refractivity contribution >= 4 is 28.9 Å². The molecule has 3 heterocycles. The first-order chi connectivity index (χ1) is 12.8. The second-order valence-corrected chi connectivity index (χ2v) is 6.81. The third kappa shape index (κ3) is 2.89. The highest BCUT2D eigenvalue weighted by atomic mass is 19.1. The van der Waals surface area contributed by atoms with Crippen LogP contribution in [0.3, 0.4) is 0 Å². The van der Waals surface area contributed by atoms with Gasteiger partial charge in [-0.1, -0.05) is 0 Å².